The van der Waals surface area contributed by atoms with Gasteiger partial charge in [0.15, 0.2) is 0 Å². The zero-order chi connectivity index (χ0) is 18.7. The molecule has 0 amide bonds. The molecule has 1 aliphatic heterocycles. The Morgan fingerprint density at radius 1 is 1.19 bits per heavy atom. The Labute approximate surface area is 164 Å². The number of nitrogens with zero attached hydrogens (tertiary/aromatic N) is 3. The van der Waals surface area contributed by atoms with Crippen molar-refractivity contribution in [3.63, 3.8) is 0 Å². The van der Waals surface area contributed by atoms with Gasteiger partial charge in [-0.05, 0) is 0 Å². The second-order valence-corrected chi connectivity index (χ2v) is 5.39. The summed E-state index contributed by atoms with van der Waals surface area (Å²) in [6.45, 7) is 0.459. The van der Waals surface area contributed by atoms with Crippen LogP contribution in [-0.4, -0.2) is 62.6 Å². The van der Waals surface area contributed by atoms with Crippen LogP contribution in [0.4, 0.5) is 11.4 Å². The maximum absolute atomic E-state index is 11.4. The van der Waals surface area contributed by atoms with Crippen molar-refractivity contribution >= 4 is 48.1 Å². The number of carboxylic acids is 2. The van der Waals surface area contributed by atoms with Crippen molar-refractivity contribution < 1.29 is 29.6 Å². The topological polar surface area (TPSA) is 176 Å². The molecule has 0 aromatic heterocycles. The van der Waals surface area contributed by atoms with E-state index in [2.05, 4.69) is 5.32 Å². The molecule has 14 heteroatoms. The fraction of sp³-hybridized carbons (Fsp3) is 0.385. The summed E-state index contributed by atoms with van der Waals surface area (Å²) in [5.41, 5.74) is -2.13. The average Bonchev–Trinajstić information content (AvgIpc) is 2.54. The zero-order valence-electron chi connectivity index (χ0n) is 13.6. The highest BCUT2D eigenvalue weighted by atomic mass is 35.5. The largest absolute Gasteiger partial charge is 0.480 e. The summed E-state index contributed by atoms with van der Waals surface area (Å²) in [7, 11) is 0. The molecule has 3 N–H and O–H groups in total. The van der Waals surface area contributed by atoms with Crippen LogP contribution < -0.4 is 5.32 Å². The van der Waals surface area contributed by atoms with Crippen molar-refractivity contribution in [2.24, 2.45) is 0 Å². The highest BCUT2D eigenvalue weighted by molar-refractivity contribution is 5.91. The van der Waals surface area contributed by atoms with Gasteiger partial charge in [-0.15, -0.1) is 24.8 Å². The van der Waals surface area contributed by atoms with E-state index in [0.29, 0.717) is 19.2 Å². The standard InChI is InChI=1S/C13H14N4O8.2ClH/c18-12(19)8-3-7(16(22)23)4-11(17(24)25)9(8)5-15-2-1-14-10(6-15)13(20)21;;/h3-4,10,14H,1-2,5-6H2,(H,18,19)(H,20,21);2*1H. The van der Waals surface area contributed by atoms with Gasteiger partial charge in [0.05, 0.1) is 27.0 Å². The number of nitro benzene ring substituents is 2. The average molecular weight is 427 g/mol. The maximum Gasteiger partial charge on any atom is 0.336 e. The minimum atomic E-state index is -1.54. The lowest BCUT2D eigenvalue weighted by atomic mass is 10.0. The number of carbonyl (C=O) groups is 2. The lowest BCUT2D eigenvalue weighted by Crippen LogP contribution is -2.53. The number of aliphatic carboxylic acids is 1. The molecule has 1 atom stereocenters. The summed E-state index contributed by atoms with van der Waals surface area (Å²) in [6, 6.07) is 0.583. The molecule has 1 fully saturated rings. The first-order valence-corrected chi connectivity index (χ1v) is 7.08. The Morgan fingerprint density at radius 3 is 2.30 bits per heavy atom. The molecule has 27 heavy (non-hydrogen) atoms. The molecule has 0 saturated carbocycles. The molecule has 150 valence electrons. The number of hydrogen-bond acceptors (Lipinski definition) is 8. The lowest BCUT2D eigenvalue weighted by molar-refractivity contribution is -0.394. The van der Waals surface area contributed by atoms with Gasteiger partial charge in [-0.2, -0.15) is 0 Å². The van der Waals surface area contributed by atoms with E-state index in [-0.39, 0.29) is 43.5 Å². The van der Waals surface area contributed by atoms with E-state index in [1.54, 1.807) is 4.90 Å². The number of nitro groups is 2. The van der Waals surface area contributed by atoms with Crippen LogP contribution >= 0.6 is 24.8 Å². The summed E-state index contributed by atoms with van der Waals surface area (Å²) in [4.78, 5) is 44.4. The number of nitrogens with one attached hydrogen (secondary N) is 1. The Kier molecular flexibility index (Phi) is 9.03. The highest BCUT2D eigenvalue weighted by Gasteiger charge is 2.31. The molecule has 0 bridgehead atoms. The summed E-state index contributed by atoms with van der Waals surface area (Å²) < 4.78 is 0. The fourth-order valence-electron chi connectivity index (χ4n) is 2.61. The quantitative estimate of drug-likeness (QED) is 0.437. The SMILES string of the molecule is Cl.Cl.O=C(O)c1cc([N+](=O)[O-])cc([N+](=O)[O-])c1CN1CCNC(C(=O)O)C1. The van der Waals surface area contributed by atoms with E-state index < -0.39 is 44.8 Å². The smallest absolute Gasteiger partial charge is 0.336 e. The molecule has 1 heterocycles. The van der Waals surface area contributed by atoms with Crippen LogP contribution in [0.15, 0.2) is 12.1 Å². The van der Waals surface area contributed by atoms with Gasteiger partial charge in [0.1, 0.15) is 6.04 Å². The number of rotatable bonds is 6. The highest BCUT2D eigenvalue weighted by Crippen LogP contribution is 2.30. The molecule has 1 aromatic carbocycles. The lowest BCUT2D eigenvalue weighted by Gasteiger charge is -2.31. The fourth-order valence-corrected chi connectivity index (χ4v) is 2.61. The summed E-state index contributed by atoms with van der Waals surface area (Å²) in [5.74, 6) is -2.63. The Bertz CT molecular complexity index is 725. The van der Waals surface area contributed by atoms with E-state index in [4.69, 9.17) is 5.11 Å². The van der Waals surface area contributed by atoms with Crippen molar-refractivity contribution in [3.8, 4) is 0 Å². The zero-order valence-corrected chi connectivity index (χ0v) is 15.2. The van der Waals surface area contributed by atoms with Gasteiger partial charge < -0.3 is 15.5 Å². The van der Waals surface area contributed by atoms with Crippen molar-refractivity contribution in [2.75, 3.05) is 19.6 Å². The predicted octanol–water partition coefficient (Wildman–Crippen LogP) is 0.903. The number of carboxylic acid groups (broad SMARTS) is 2. The molecule has 0 aliphatic carbocycles. The normalized spacial score (nSPS) is 16.5. The van der Waals surface area contributed by atoms with Crippen LogP contribution in [0.25, 0.3) is 0 Å². The Hall–Kier alpha value is -2.54. The van der Waals surface area contributed by atoms with Crippen molar-refractivity contribution in [3.05, 3.63) is 43.5 Å². The van der Waals surface area contributed by atoms with Crippen LogP contribution in [0.5, 0.6) is 0 Å². The first-order chi connectivity index (χ1) is 11.7. The number of halogens is 2. The molecule has 1 aliphatic rings. The van der Waals surface area contributed by atoms with Gasteiger partial charge in [0.25, 0.3) is 11.4 Å². The van der Waals surface area contributed by atoms with Gasteiger partial charge in [0, 0.05) is 32.2 Å². The monoisotopic (exact) mass is 426 g/mol. The van der Waals surface area contributed by atoms with Crippen LogP contribution in [-0.2, 0) is 11.3 Å². The van der Waals surface area contributed by atoms with E-state index in [1.165, 1.54) is 0 Å². The van der Waals surface area contributed by atoms with Crippen molar-refractivity contribution in [1.82, 2.24) is 10.2 Å². The van der Waals surface area contributed by atoms with Crippen LogP contribution in [0.1, 0.15) is 15.9 Å². The van der Waals surface area contributed by atoms with Crippen molar-refractivity contribution in [2.45, 2.75) is 12.6 Å². The van der Waals surface area contributed by atoms with Gasteiger partial charge in [-0.1, -0.05) is 0 Å². The molecular formula is C13H16Cl2N4O8. The van der Waals surface area contributed by atoms with Crippen LogP contribution in [0.3, 0.4) is 0 Å². The number of hydrogen-bond donors (Lipinski definition) is 3. The molecule has 0 spiro atoms. The second-order valence-electron chi connectivity index (χ2n) is 5.39. The van der Waals surface area contributed by atoms with Crippen LogP contribution in [0.2, 0.25) is 0 Å². The second kappa shape index (κ2) is 9.97. The molecule has 1 saturated heterocycles. The first-order valence-electron chi connectivity index (χ1n) is 7.08. The van der Waals surface area contributed by atoms with E-state index >= 15 is 0 Å². The molecule has 1 unspecified atom stereocenters. The summed E-state index contributed by atoms with van der Waals surface area (Å²) in [5, 5.41) is 43.2. The van der Waals surface area contributed by atoms with Crippen molar-refractivity contribution in [1.29, 1.82) is 0 Å². The van der Waals surface area contributed by atoms with Gasteiger partial charge in [-0.25, -0.2) is 4.79 Å². The Balaban J connectivity index is 0.00000338. The van der Waals surface area contributed by atoms with Crippen LogP contribution in [0, 0.1) is 20.2 Å². The number of non-ortho nitro benzene ring substituents is 1. The van der Waals surface area contributed by atoms with Gasteiger partial charge in [0.2, 0.25) is 0 Å². The molecule has 0 radical (unpaired) electrons. The predicted molar refractivity (Wildman–Crippen MR) is 95.9 cm³/mol. The Morgan fingerprint density at radius 2 is 1.81 bits per heavy atom. The number of aromatic carboxylic acids is 1. The molecule has 2 rings (SSSR count). The van der Waals surface area contributed by atoms with E-state index in [1.807, 2.05) is 0 Å². The third-order valence-corrected chi connectivity index (χ3v) is 3.79. The van der Waals surface area contributed by atoms with Gasteiger partial charge >= 0.3 is 11.9 Å². The number of piperazine rings is 1. The summed E-state index contributed by atoms with van der Waals surface area (Å²) in [6.07, 6.45) is 0. The maximum atomic E-state index is 11.4. The van der Waals surface area contributed by atoms with E-state index in [0.717, 1.165) is 6.07 Å². The molecule has 1 aromatic rings. The third-order valence-electron chi connectivity index (χ3n) is 3.79. The summed E-state index contributed by atoms with van der Waals surface area (Å²) >= 11 is 0. The van der Waals surface area contributed by atoms with Gasteiger partial charge in [-0.3, -0.25) is 29.9 Å². The minimum absolute atomic E-state index is 0. The van der Waals surface area contributed by atoms with E-state index in [9.17, 15) is 34.9 Å². The molecule has 12 nitrogen and oxygen atoms in total. The molecular weight excluding hydrogens is 411 g/mol. The number of benzene rings is 1. The minimum Gasteiger partial charge on any atom is -0.480 e. The first kappa shape index (κ1) is 24.5. The third kappa shape index (κ3) is 5.72.